The molecule has 2 atom stereocenters. The molecule has 0 saturated carbocycles. The molecule has 0 saturated heterocycles. The number of aliphatic hydroxyl groups excluding tert-OH is 1. The van der Waals surface area contributed by atoms with Gasteiger partial charge in [0.2, 0.25) is 0 Å². The minimum Gasteiger partial charge on any atom is -0.395 e. The van der Waals surface area contributed by atoms with Gasteiger partial charge in [0.25, 0.3) is 0 Å². The monoisotopic (exact) mass is 177 g/mol. The normalized spacial score (nSPS) is 16.9. The molecule has 0 aromatic heterocycles. The van der Waals surface area contributed by atoms with Gasteiger partial charge in [-0.2, -0.15) is 11.8 Å². The average molecular weight is 177 g/mol. The molecule has 0 rings (SSSR count). The molecule has 0 aromatic rings. The quantitative estimate of drug-likeness (QED) is 0.660. The first-order valence-electron chi connectivity index (χ1n) is 4.01. The molecule has 0 bridgehead atoms. The van der Waals surface area contributed by atoms with Gasteiger partial charge in [-0.25, -0.2) is 0 Å². The van der Waals surface area contributed by atoms with E-state index in [0.29, 0.717) is 5.92 Å². The summed E-state index contributed by atoms with van der Waals surface area (Å²) >= 11 is 1.64. The van der Waals surface area contributed by atoms with Gasteiger partial charge in [-0.1, -0.05) is 13.8 Å². The summed E-state index contributed by atoms with van der Waals surface area (Å²) in [5.74, 6) is 0.617. The van der Waals surface area contributed by atoms with Crippen LogP contribution in [-0.4, -0.2) is 29.3 Å². The standard InChI is InChI=1S/C8H19NOS/c1-6(2)4-7(9)8(5-10)11-3/h6-8,10H,4-5,9H2,1-3H3. The van der Waals surface area contributed by atoms with E-state index in [9.17, 15) is 0 Å². The summed E-state index contributed by atoms with van der Waals surface area (Å²) in [4.78, 5) is 0. The van der Waals surface area contributed by atoms with E-state index in [4.69, 9.17) is 10.8 Å². The van der Waals surface area contributed by atoms with Crippen molar-refractivity contribution in [2.24, 2.45) is 11.7 Å². The lowest BCUT2D eigenvalue weighted by molar-refractivity contribution is 0.275. The van der Waals surface area contributed by atoms with Crippen LogP contribution in [0.15, 0.2) is 0 Å². The topological polar surface area (TPSA) is 46.2 Å². The largest absolute Gasteiger partial charge is 0.395 e. The minimum absolute atomic E-state index is 0.134. The van der Waals surface area contributed by atoms with Crippen LogP contribution in [0, 0.1) is 5.92 Å². The van der Waals surface area contributed by atoms with Gasteiger partial charge in [-0.05, 0) is 18.6 Å². The summed E-state index contributed by atoms with van der Waals surface area (Å²) in [7, 11) is 0. The summed E-state index contributed by atoms with van der Waals surface area (Å²) in [6.07, 6.45) is 2.98. The van der Waals surface area contributed by atoms with Gasteiger partial charge in [0.15, 0.2) is 0 Å². The maximum Gasteiger partial charge on any atom is 0.0564 e. The Kier molecular flexibility index (Phi) is 6.01. The lowest BCUT2D eigenvalue weighted by Crippen LogP contribution is -2.35. The fourth-order valence-corrected chi connectivity index (χ4v) is 1.69. The second kappa shape index (κ2) is 5.86. The van der Waals surface area contributed by atoms with E-state index in [2.05, 4.69) is 13.8 Å². The second-order valence-electron chi connectivity index (χ2n) is 3.25. The van der Waals surface area contributed by atoms with Crippen LogP contribution in [-0.2, 0) is 0 Å². The van der Waals surface area contributed by atoms with E-state index in [1.165, 1.54) is 0 Å². The highest BCUT2D eigenvalue weighted by Crippen LogP contribution is 2.14. The van der Waals surface area contributed by atoms with Crippen molar-refractivity contribution < 1.29 is 5.11 Å². The maximum atomic E-state index is 8.91. The molecule has 0 amide bonds. The third kappa shape index (κ3) is 4.67. The number of rotatable bonds is 5. The molecule has 0 radical (unpaired) electrons. The van der Waals surface area contributed by atoms with Crippen LogP contribution in [0.25, 0.3) is 0 Å². The first-order chi connectivity index (χ1) is 5.11. The summed E-state index contributed by atoms with van der Waals surface area (Å²) in [6.45, 7) is 4.48. The molecule has 2 nitrogen and oxygen atoms in total. The number of hydrogen-bond acceptors (Lipinski definition) is 3. The van der Waals surface area contributed by atoms with Crippen LogP contribution in [0.2, 0.25) is 0 Å². The van der Waals surface area contributed by atoms with Crippen molar-refractivity contribution in [2.45, 2.75) is 31.6 Å². The summed E-state index contributed by atoms with van der Waals surface area (Å²) in [6, 6.07) is 0.134. The molecule has 0 fully saturated rings. The second-order valence-corrected chi connectivity index (χ2v) is 4.33. The first kappa shape index (κ1) is 11.3. The Morgan fingerprint density at radius 2 is 2.00 bits per heavy atom. The van der Waals surface area contributed by atoms with Crippen LogP contribution in [0.1, 0.15) is 20.3 Å². The molecule has 0 aliphatic carbocycles. The van der Waals surface area contributed by atoms with Crippen molar-refractivity contribution >= 4 is 11.8 Å². The van der Waals surface area contributed by atoms with Crippen LogP contribution in [0.4, 0.5) is 0 Å². The van der Waals surface area contributed by atoms with Gasteiger partial charge in [0, 0.05) is 11.3 Å². The van der Waals surface area contributed by atoms with Crippen molar-refractivity contribution in [2.75, 3.05) is 12.9 Å². The summed E-state index contributed by atoms with van der Waals surface area (Å²) in [5, 5.41) is 9.11. The zero-order chi connectivity index (χ0) is 8.85. The van der Waals surface area contributed by atoms with Crippen molar-refractivity contribution in [1.82, 2.24) is 0 Å². The zero-order valence-corrected chi connectivity index (χ0v) is 8.40. The minimum atomic E-state index is 0.134. The van der Waals surface area contributed by atoms with E-state index in [0.717, 1.165) is 6.42 Å². The molecule has 0 aliphatic heterocycles. The highest BCUT2D eigenvalue weighted by molar-refractivity contribution is 7.99. The Hall–Kier alpha value is 0.270. The lowest BCUT2D eigenvalue weighted by Gasteiger charge is -2.21. The number of hydrogen-bond donors (Lipinski definition) is 2. The molecule has 3 N–H and O–H groups in total. The van der Waals surface area contributed by atoms with Gasteiger partial charge in [-0.3, -0.25) is 0 Å². The SMILES string of the molecule is CSC(CO)C(N)CC(C)C. The third-order valence-corrected chi connectivity index (χ3v) is 2.81. The third-order valence-electron chi connectivity index (χ3n) is 1.70. The molecule has 0 aromatic carbocycles. The van der Waals surface area contributed by atoms with E-state index in [1.54, 1.807) is 11.8 Å². The van der Waals surface area contributed by atoms with Crippen molar-refractivity contribution in [3.63, 3.8) is 0 Å². The fourth-order valence-electron chi connectivity index (χ4n) is 1.08. The van der Waals surface area contributed by atoms with Crippen molar-refractivity contribution in [3.8, 4) is 0 Å². The average Bonchev–Trinajstić information content (AvgIpc) is 1.88. The Labute approximate surface area is 73.6 Å². The summed E-state index contributed by atoms with van der Waals surface area (Å²) in [5.41, 5.74) is 5.86. The van der Waals surface area contributed by atoms with E-state index in [-0.39, 0.29) is 17.9 Å². The number of nitrogens with two attached hydrogens (primary N) is 1. The van der Waals surface area contributed by atoms with Gasteiger partial charge >= 0.3 is 0 Å². The molecular formula is C8H19NOS. The molecule has 0 heterocycles. The molecule has 0 spiro atoms. The lowest BCUT2D eigenvalue weighted by atomic mass is 10.0. The van der Waals surface area contributed by atoms with Crippen LogP contribution in [0.5, 0.6) is 0 Å². The van der Waals surface area contributed by atoms with E-state index < -0.39 is 0 Å². The highest BCUT2D eigenvalue weighted by atomic mass is 32.2. The maximum absolute atomic E-state index is 8.91. The first-order valence-corrected chi connectivity index (χ1v) is 5.29. The van der Waals surface area contributed by atoms with Gasteiger partial charge < -0.3 is 10.8 Å². The van der Waals surface area contributed by atoms with Crippen LogP contribution >= 0.6 is 11.8 Å². The smallest absolute Gasteiger partial charge is 0.0564 e. The Balaban J connectivity index is 3.68. The molecule has 0 aliphatic rings. The zero-order valence-electron chi connectivity index (χ0n) is 7.58. The van der Waals surface area contributed by atoms with Crippen LogP contribution in [0.3, 0.4) is 0 Å². The fraction of sp³-hybridized carbons (Fsp3) is 1.00. The highest BCUT2D eigenvalue weighted by Gasteiger charge is 2.16. The van der Waals surface area contributed by atoms with Crippen LogP contribution < -0.4 is 5.73 Å². The molecule has 11 heavy (non-hydrogen) atoms. The van der Waals surface area contributed by atoms with Crippen molar-refractivity contribution in [1.29, 1.82) is 0 Å². The predicted octanol–water partition coefficient (Wildman–Crippen LogP) is 1.08. The molecule has 2 unspecified atom stereocenters. The Morgan fingerprint density at radius 1 is 1.45 bits per heavy atom. The van der Waals surface area contributed by atoms with Crippen molar-refractivity contribution in [3.05, 3.63) is 0 Å². The Bertz CT molecular complexity index is 94.1. The number of thioether (sulfide) groups is 1. The van der Waals surface area contributed by atoms with E-state index in [1.807, 2.05) is 6.26 Å². The molecule has 3 heteroatoms. The van der Waals surface area contributed by atoms with E-state index >= 15 is 0 Å². The van der Waals surface area contributed by atoms with Gasteiger partial charge in [-0.15, -0.1) is 0 Å². The van der Waals surface area contributed by atoms with Gasteiger partial charge in [0.1, 0.15) is 0 Å². The van der Waals surface area contributed by atoms with Gasteiger partial charge in [0.05, 0.1) is 6.61 Å². The number of aliphatic hydroxyl groups is 1. The molecule has 68 valence electrons. The predicted molar refractivity (Wildman–Crippen MR) is 51.8 cm³/mol. The summed E-state index contributed by atoms with van der Waals surface area (Å²) < 4.78 is 0. The molecular weight excluding hydrogens is 158 g/mol. The Morgan fingerprint density at radius 3 is 2.27 bits per heavy atom.